The number of rotatable bonds is 7. The van der Waals surface area contributed by atoms with Crippen LogP contribution in [0.25, 0.3) is 0 Å². The molecule has 0 aromatic heterocycles. The first-order valence-electron chi connectivity index (χ1n) is 5.98. The smallest absolute Gasteiger partial charge is 0.243 e. The number of aliphatic hydroxyl groups excluding tert-OH is 2. The van der Waals surface area contributed by atoms with Gasteiger partial charge in [0.05, 0.1) is 18.1 Å². The van der Waals surface area contributed by atoms with Gasteiger partial charge < -0.3 is 15.9 Å². The van der Waals surface area contributed by atoms with E-state index in [9.17, 15) is 8.42 Å². The summed E-state index contributed by atoms with van der Waals surface area (Å²) in [6, 6.07) is 4.90. The number of hydrogen-bond donors (Lipinski definition) is 3. The zero-order valence-electron chi connectivity index (χ0n) is 10.9. The number of aliphatic hydroxyl groups is 2. The van der Waals surface area contributed by atoms with Crippen LogP contribution >= 0.6 is 0 Å². The Morgan fingerprint density at radius 3 is 2.21 bits per heavy atom. The van der Waals surface area contributed by atoms with E-state index in [0.717, 1.165) is 9.87 Å². The Hall–Kier alpha value is -0.990. The van der Waals surface area contributed by atoms with Crippen molar-refractivity contribution in [1.82, 2.24) is 4.31 Å². The molecule has 0 radical (unpaired) electrons. The third-order valence-corrected chi connectivity index (χ3v) is 4.85. The average molecular weight is 288 g/mol. The summed E-state index contributed by atoms with van der Waals surface area (Å²) in [6.07, 6.45) is 0. The molecule has 108 valence electrons. The fourth-order valence-electron chi connectivity index (χ4n) is 1.84. The molecule has 0 amide bonds. The normalized spacial score (nSPS) is 12.1. The molecule has 0 heterocycles. The fraction of sp³-hybridized carbons (Fsp3) is 0.500. The highest BCUT2D eigenvalue weighted by molar-refractivity contribution is 7.89. The molecule has 0 unspecified atom stereocenters. The van der Waals surface area contributed by atoms with Crippen LogP contribution in [0.15, 0.2) is 23.1 Å². The van der Waals surface area contributed by atoms with Gasteiger partial charge in [0, 0.05) is 19.6 Å². The molecule has 0 spiro atoms. The van der Waals surface area contributed by atoms with Gasteiger partial charge in [-0.3, -0.25) is 0 Å². The van der Waals surface area contributed by atoms with E-state index >= 15 is 0 Å². The lowest BCUT2D eigenvalue weighted by molar-refractivity contribution is 0.217. The third-order valence-electron chi connectivity index (χ3n) is 2.79. The lowest BCUT2D eigenvalue weighted by atomic mass is 10.1. The zero-order chi connectivity index (χ0) is 14.5. The van der Waals surface area contributed by atoms with E-state index in [4.69, 9.17) is 15.9 Å². The van der Waals surface area contributed by atoms with Gasteiger partial charge in [0.2, 0.25) is 10.0 Å². The molecule has 0 saturated carbocycles. The standard InChI is InChI=1S/C12H20N2O4S/c1-10-8-11(9-13)2-3-12(10)19(17,18)14(4-6-15)5-7-16/h2-3,8,15-16H,4-7,9,13H2,1H3. The van der Waals surface area contributed by atoms with Crippen LogP contribution in [0.2, 0.25) is 0 Å². The molecular formula is C12H20N2O4S. The molecule has 4 N–H and O–H groups in total. The number of sulfonamides is 1. The summed E-state index contributed by atoms with van der Waals surface area (Å²) >= 11 is 0. The minimum atomic E-state index is -3.71. The summed E-state index contributed by atoms with van der Waals surface area (Å²) in [7, 11) is -3.71. The molecule has 7 heteroatoms. The van der Waals surface area contributed by atoms with Gasteiger partial charge >= 0.3 is 0 Å². The van der Waals surface area contributed by atoms with Crippen LogP contribution in [0.1, 0.15) is 11.1 Å². The zero-order valence-corrected chi connectivity index (χ0v) is 11.7. The minimum Gasteiger partial charge on any atom is -0.395 e. The Morgan fingerprint density at radius 1 is 1.21 bits per heavy atom. The maximum atomic E-state index is 12.4. The van der Waals surface area contributed by atoms with E-state index < -0.39 is 10.0 Å². The van der Waals surface area contributed by atoms with Crippen molar-refractivity contribution in [3.8, 4) is 0 Å². The van der Waals surface area contributed by atoms with Crippen LogP contribution in [-0.4, -0.2) is 49.2 Å². The molecule has 0 aliphatic heterocycles. The summed E-state index contributed by atoms with van der Waals surface area (Å²) in [5.74, 6) is 0. The topological polar surface area (TPSA) is 104 Å². The second-order valence-electron chi connectivity index (χ2n) is 4.16. The molecule has 0 bridgehead atoms. The van der Waals surface area contributed by atoms with Crippen LogP contribution in [-0.2, 0) is 16.6 Å². The van der Waals surface area contributed by atoms with Crippen molar-refractivity contribution < 1.29 is 18.6 Å². The summed E-state index contributed by atoms with van der Waals surface area (Å²) in [6.45, 7) is 1.38. The molecule has 0 atom stereocenters. The predicted octanol–water partition coefficient (Wildman–Crippen LogP) is -0.571. The average Bonchev–Trinajstić information content (AvgIpc) is 2.38. The Morgan fingerprint density at radius 2 is 1.79 bits per heavy atom. The molecule has 6 nitrogen and oxygen atoms in total. The highest BCUT2D eigenvalue weighted by Crippen LogP contribution is 2.20. The van der Waals surface area contributed by atoms with Crippen LogP contribution in [0.5, 0.6) is 0 Å². The third kappa shape index (κ3) is 3.74. The summed E-state index contributed by atoms with van der Waals surface area (Å²) in [5.41, 5.74) is 6.96. The van der Waals surface area contributed by atoms with Crippen molar-refractivity contribution in [2.45, 2.75) is 18.4 Å². The molecule has 0 aliphatic carbocycles. The van der Waals surface area contributed by atoms with Gasteiger partial charge in [-0.25, -0.2) is 8.42 Å². The predicted molar refractivity (Wildman–Crippen MR) is 72.0 cm³/mol. The SMILES string of the molecule is Cc1cc(CN)ccc1S(=O)(=O)N(CCO)CCO. The van der Waals surface area contributed by atoms with Crippen molar-refractivity contribution in [3.05, 3.63) is 29.3 Å². The van der Waals surface area contributed by atoms with E-state index in [1.165, 1.54) is 6.07 Å². The Bertz CT molecular complexity index is 510. The van der Waals surface area contributed by atoms with E-state index in [2.05, 4.69) is 0 Å². The molecule has 1 aromatic rings. The highest BCUT2D eigenvalue weighted by atomic mass is 32.2. The van der Waals surface area contributed by atoms with E-state index in [1.54, 1.807) is 19.1 Å². The number of benzene rings is 1. The van der Waals surface area contributed by atoms with Crippen molar-refractivity contribution in [3.63, 3.8) is 0 Å². The molecule has 0 fully saturated rings. The Labute approximate surface area is 113 Å². The molecule has 0 aliphatic rings. The van der Waals surface area contributed by atoms with Crippen molar-refractivity contribution in [1.29, 1.82) is 0 Å². The number of hydrogen-bond acceptors (Lipinski definition) is 5. The lowest BCUT2D eigenvalue weighted by Crippen LogP contribution is -2.36. The highest BCUT2D eigenvalue weighted by Gasteiger charge is 2.25. The number of aryl methyl sites for hydroxylation is 1. The first-order chi connectivity index (χ1) is 8.97. The maximum absolute atomic E-state index is 12.4. The van der Waals surface area contributed by atoms with Crippen molar-refractivity contribution >= 4 is 10.0 Å². The summed E-state index contributed by atoms with van der Waals surface area (Å²) in [4.78, 5) is 0.173. The van der Waals surface area contributed by atoms with Crippen LogP contribution in [0, 0.1) is 6.92 Å². The van der Waals surface area contributed by atoms with Gasteiger partial charge in [-0.15, -0.1) is 0 Å². The first-order valence-corrected chi connectivity index (χ1v) is 7.42. The summed E-state index contributed by atoms with van der Waals surface area (Å²) < 4.78 is 25.9. The van der Waals surface area contributed by atoms with Gasteiger partial charge in [0.15, 0.2) is 0 Å². The van der Waals surface area contributed by atoms with E-state index in [1.807, 2.05) is 0 Å². The molecule has 1 aromatic carbocycles. The Kier molecular flexibility index (Phi) is 5.89. The van der Waals surface area contributed by atoms with Gasteiger partial charge in [-0.05, 0) is 24.1 Å². The number of nitrogens with two attached hydrogens (primary N) is 1. The summed E-state index contributed by atoms with van der Waals surface area (Å²) in [5, 5.41) is 17.8. The second kappa shape index (κ2) is 6.97. The first kappa shape index (κ1) is 16.1. The fourth-order valence-corrected chi connectivity index (χ4v) is 3.47. The van der Waals surface area contributed by atoms with Gasteiger partial charge in [0.25, 0.3) is 0 Å². The maximum Gasteiger partial charge on any atom is 0.243 e. The second-order valence-corrected chi connectivity index (χ2v) is 6.06. The molecular weight excluding hydrogens is 268 g/mol. The van der Waals surface area contributed by atoms with Crippen LogP contribution < -0.4 is 5.73 Å². The lowest BCUT2D eigenvalue weighted by Gasteiger charge is -2.21. The van der Waals surface area contributed by atoms with Crippen molar-refractivity contribution in [2.24, 2.45) is 5.73 Å². The van der Waals surface area contributed by atoms with E-state index in [-0.39, 0.29) is 31.2 Å². The molecule has 0 saturated heterocycles. The van der Waals surface area contributed by atoms with E-state index in [0.29, 0.717) is 12.1 Å². The van der Waals surface area contributed by atoms with Gasteiger partial charge in [-0.2, -0.15) is 4.31 Å². The molecule has 1 rings (SSSR count). The minimum absolute atomic E-state index is 0.0407. The van der Waals surface area contributed by atoms with Crippen molar-refractivity contribution in [2.75, 3.05) is 26.3 Å². The van der Waals surface area contributed by atoms with Gasteiger partial charge in [0.1, 0.15) is 0 Å². The van der Waals surface area contributed by atoms with Crippen LogP contribution in [0.4, 0.5) is 0 Å². The quantitative estimate of drug-likeness (QED) is 0.623. The largest absolute Gasteiger partial charge is 0.395 e. The van der Waals surface area contributed by atoms with Gasteiger partial charge in [-0.1, -0.05) is 12.1 Å². The Balaban J connectivity index is 3.17. The van der Waals surface area contributed by atoms with Crippen LogP contribution in [0.3, 0.4) is 0 Å². The monoisotopic (exact) mass is 288 g/mol. The molecule has 19 heavy (non-hydrogen) atoms. The number of nitrogens with zero attached hydrogens (tertiary/aromatic N) is 1.